The molecule has 0 bridgehead atoms. The van der Waals surface area contributed by atoms with Crippen LogP contribution in [0.4, 0.5) is 5.69 Å². The smallest absolute Gasteiger partial charge is 0.162 e. The summed E-state index contributed by atoms with van der Waals surface area (Å²) in [6.45, 7) is 0. The van der Waals surface area contributed by atoms with Crippen molar-refractivity contribution >= 4 is 22.9 Å². The number of halogens is 1. The van der Waals surface area contributed by atoms with Gasteiger partial charge in [0.25, 0.3) is 0 Å². The zero-order valence-electron chi connectivity index (χ0n) is 10.3. The fourth-order valence-corrected chi connectivity index (χ4v) is 2.24. The molecule has 0 aliphatic heterocycles. The highest BCUT2D eigenvalue weighted by atomic mass is 35.5. The predicted octanol–water partition coefficient (Wildman–Crippen LogP) is 2.75. The van der Waals surface area contributed by atoms with Gasteiger partial charge in [0.15, 0.2) is 5.65 Å². The second-order valence-electron chi connectivity index (χ2n) is 4.43. The van der Waals surface area contributed by atoms with Crippen molar-refractivity contribution in [2.24, 2.45) is 0 Å². The molecule has 0 saturated heterocycles. The van der Waals surface area contributed by atoms with Crippen molar-refractivity contribution in [3.05, 3.63) is 59.0 Å². The predicted molar refractivity (Wildman–Crippen MR) is 76.3 cm³/mol. The Hall–Kier alpha value is -2.07. The molecule has 96 valence electrons. The zero-order chi connectivity index (χ0) is 13.2. The second-order valence-corrected chi connectivity index (χ2v) is 4.87. The van der Waals surface area contributed by atoms with Crippen LogP contribution >= 0.6 is 11.6 Å². The van der Waals surface area contributed by atoms with Crippen molar-refractivity contribution in [2.45, 2.75) is 12.8 Å². The van der Waals surface area contributed by atoms with Crippen molar-refractivity contribution in [3.8, 4) is 0 Å². The molecule has 0 atom stereocenters. The van der Waals surface area contributed by atoms with E-state index >= 15 is 0 Å². The van der Waals surface area contributed by atoms with Crippen molar-refractivity contribution in [1.82, 2.24) is 14.6 Å². The summed E-state index contributed by atoms with van der Waals surface area (Å²) < 4.78 is 1.96. The topological polar surface area (TPSA) is 56.2 Å². The number of nitrogen functional groups attached to an aromatic ring is 1. The highest BCUT2D eigenvalue weighted by molar-refractivity contribution is 6.30. The molecule has 3 aromatic rings. The van der Waals surface area contributed by atoms with E-state index in [-0.39, 0.29) is 0 Å². The molecule has 0 saturated carbocycles. The Morgan fingerprint density at radius 3 is 2.84 bits per heavy atom. The monoisotopic (exact) mass is 272 g/mol. The molecule has 0 unspecified atom stereocenters. The maximum absolute atomic E-state index is 5.92. The fraction of sp³-hybridized carbons (Fsp3) is 0.143. The SMILES string of the molecule is Nc1cccc(CCc2nnc3cc(Cl)ccn23)c1. The van der Waals surface area contributed by atoms with Gasteiger partial charge in [-0.15, -0.1) is 10.2 Å². The Kier molecular flexibility index (Phi) is 3.09. The minimum absolute atomic E-state index is 0.669. The molecule has 4 nitrogen and oxygen atoms in total. The molecule has 0 fully saturated rings. The third kappa shape index (κ3) is 2.53. The number of anilines is 1. The summed E-state index contributed by atoms with van der Waals surface area (Å²) in [6, 6.07) is 11.5. The summed E-state index contributed by atoms with van der Waals surface area (Å²) in [5, 5.41) is 8.98. The van der Waals surface area contributed by atoms with Gasteiger partial charge >= 0.3 is 0 Å². The van der Waals surface area contributed by atoms with Crippen molar-refractivity contribution < 1.29 is 0 Å². The number of nitrogens with two attached hydrogens (primary N) is 1. The first-order valence-corrected chi connectivity index (χ1v) is 6.44. The third-order valence-corrected chi connectivity index (χ3v) is 3.27. The van der Waals surface area contributed by atoms with E-state index in [0.717, 1.165) is 30.0 Å². The van der Waals surface area contributed by atoms with Crippen LogP contribution in [0.2, 0.25) is 5.02 Å². The van der Waals surface area contributed by atoms with Gasteiger partial charge in [0.2, 0.25) is 0 Å². The fourth-order valence-electron chi connectivity index (χ4n) is 2.09. The van der Waals surface area contributed by atoms with Crippen LogP contribution in [0.15, 0.2) is 42.6 Å². The lowest BCUT2D eigenvalue weighted by molar-refractivity contribution is 0.839. The molecular formula is C14H13ClN4. The molecule has 0 aliphatic rings. The van der Waals surface area contributed by atoms with Crippen LogP contribution in [0.5, 0.6) is 0 Å². The van der Waals surface area contributed by atoms with Crippen LogP contribution in [0.1, 0.15) is 11.4 Å². The van der Waals surface area contributed by atoms with Crippen molar-refractivity contribution in [1.29, 1.82) is 0 Å². The average molecular weight is 273 g/mol. The summed E-state index contributed by atoms with van der Waals surface area (Å²) in [4.78, 5) is 0. The van der Waals surface area contributed by atoms with E-state index in [2.05, 4.69) is 16.3 Å². The van der Waals surface area contributed by atoms with Crippen LogP contribution < -0.4 is 5.73 Å². The van der Waals surface area contributed by atoms with E-state index in [1.165, 1.54) is 5.56 Å². The lowest BCUT2D eigenvalue weighted by Gasteiger charge is -2.02. The van der Waals surface area contributed by atoms with Gasteiger partial charge in [0.05, 0.1) is 0 Å². The molecule has 3 rings (SSSR count). The average Bonchev–Trinajstić information content (AvgIpc) is 2.78. The normalized spacial score (nSPS) is 11.0. The number of hydrogen-bond donors (Lipinski definition) is 1. The minimum Gasteiger partial charge on any atom is -0.399 e. The molecule has 0 spiro atoms. The molecule has 2 N–H and O–H groups in total. The number of fused-ring (bicyclic) bond motifs is 1. The summed E-state index contributed by atoms with van der Waals surface area (Å²) >= 11 is 5.92. The molecule has 0 radical (unpaired) electrons. The standard InChI is InChI=1S/C14H13ClN4/c15-11-6-7-19-13(17-18-14(19)9-11)5-4-10-2-1-3-12(16)8-10/h1-3,6-9H,4-5,16H2. The second kappa shape index (κ2) is 4.90. The first kappa shape index (κ1) is 12.0. The Labute approximate surface area is 115 Å². The Morgan fingerprint density at radius 1 is 1.11 bits per heavy atom. The van der Waals surface area contributed by atoms with Gasteiger partial charge in [0, 0.05) is 29.4 Å². The highest BCUT2D eigenvalue weighted by Crippen LogP contribution is 2.14. The number of hydrogen-bond acceptors (Lipinski definition) is 3. The zero-order valence-corrected chi connectivity index (χ0v) is 11.0. The van der Waals surface area contributed by atoms with Gasteiger partial charge in [-0.25, -0.2) is 0 Å². The number of aromatic nitrogens is 3. The lowest BCUT2D eigenvalue weighted by Crippen LogP contribution is -1.98. The van der Waals surface area contributed by atoms with Crippen LogP contribution in [-0.4, -0.2) is 14.6 Å². The number of nitrogens with zero attached hydrogens (tertiary/aromatic N) is 3. The largest absolute Gasteiger partial charge is 0.399 e. The maximum Gasteiger partial charge on any atom is 0.162 e. The van der Waals surface area contributed by atoms with Gasteiger partial charge in [-0.05, 0) is 30.2 Å². The Balaban J connectivity index is 1.82. The van der Waals surface area contributed by atoms with Gasteiger partial charge in [-0.3, -0.25) is 4.40 Å². The molecule has 1 aromatic carbocycles. The molecule has 0 aliphatic carbocycles. The highest BCUT2D eigenvalue weighted by Gasteiger charge is 2.06. The van der Waals surface area contributed by atoms with E-state index in [4.69, 9.17) is 17.3 Å². The van der Waals surface area contributed by atoms with Gasteiger partial charge in [-0.2, -0.15) is 0 Å². The van der Waals surface area contributed by atoms with Crippen LogP contribution in [0.25, 0.3) is 5.65 Å². The Morgan fingerprint density at radius 2 is 2.00 bits per heavy atom. The summed E-state index contributed by atoms with van der Waals surface area (Å²) in [5.74, 6) is 0.925. The van der Waals surface area contributed by atoms with Crippen molar-refractivity contribution in [2.75, 3.05) is 5.73 Å². The van der Waals surface area contributed by atoms with Gasteiger partial charge < -0.3 is 5.73 Å². The summed E-state index contributed by atoms with van der Waals surface area (Å²) in [6.07, 6.45) is 3.59. The van der Waals surface area contributed by atoms with Crippen LogP contribution in [-0.2, 0) is 12.8 Å². The summed E-state index contributed by atoms with van der Waals surface area (Å²) in [7, 11) is 0. The number of benzene rings is 1. The van der Waals surface area contributed by atoms with E-state index < -0.39 is 0 Å². The van der Waals surface area contributed by atoms with E-state index in [1.807, 2.05) is 34.9 Å². The maximum atomic E-state index is 5.92. The van der Waals surface area contributed by atoms with Crippen LogP contribution in [0, 0.1) is 0 Å². The van der Waals surface area contributed by atoms with E-state index in [9.17, 15) is 0 Å². The first-order valence-electron chi connectivity index (χ1n) is 6.06. The Bertz CT molecular complexity index is 720. The lowest BCUT2D eigenvalue weighted by atomic mass is 10.1. The van der Waals surface area contributed by atoms with E-state index in [0.29, 0.717) is 5.02 Å². The molecule has 2 heterocycles. The number of pyridine rings is 1. The minimum atomic E-state index is 0.669. The molecule has 2 aromatic heterocycles. The van der Waals surface area contributed by atoms with Crippen LogP contribution in [0.3, 0.4) is 0 Å². The third-order valence-electron chi connectivity index (χ3n) is 3.03. The van der Waals surface area contributed by atoms with Gasteiger partial charge in [0.1, 0.15) is 5.82 Å². The quantitative estimate of drug-likeness (QED) is 0.746. The van der Waals surface area contributed by atoms with Crippen molar-refractivity contribution in [3.63, 3.8) is 0 Å². The number of aryl methyl sites for hydroxylation is 2. The molecule has 19 heavy (non-hydrogen) atoms. The van der Waals surface area contributed by atoms with Gasteiger partial charge in [-0.1, -0.05) is 23.7 Å². The summed E-state index contributed by atoms with van der Waals surface area (Å²) in [5.41, 5.74) is 8.53. The molecule has 0 amide bonds. The first-order chi connectivity index (χ1) is 9.22. The van der Waals surface area contributed by atoms with E-state index in [1.54, 1.807) is 6.07 Å². The molecular weight excluding hydrogens is 260 g/mol. The molecule has 5 heteroatoms. The number of rotatable bonds is 3.